The lowest BCUT2D eigenvalue weighted by Crippen LogP contribution is -2.04. The Morgan fingerprint density at radius 2 is 2.12 bits per heavy atom. The smallest absolute Gasteiger partial charge is 0.252 e. The molecular formula is C10H7N5O. The van der Waals surface area contributed by atoms with E-state index in [1.165, 1.54) is 0 Å². The summed E-state index contributed by atoms with van der Waals surface area (Å²) in [5.41, 5.74) is 8.50. The first-order valence-electron chi connectivity index (χ1n) is 4.50. The molecule has 0 aromatic carbocycles. The van der Waals surface area contributed by atoms with E-state index in [1.807, 2.05) is 12.1 Å². The monoisotopic (exact) mass is 213 g/mol. The summed E-state index contributed by atoms with van der Waals surface area (Å²) in [7, 11) is 0. The van der Waals surface area contributed by atoms with Gasteiger partial charge in [0.25, 0.3) is 5.91 Å². The summed E-state index contributed by atoms with van der Waals surface area (Å²) in [6.45, 7) is 0. The van der Waals surface area contributed by atoms with E-state index in [-0.39, 0.29) is 5.56 Å². The van der Waals surface area contributed by atoms with Crippen molar-refractivity contribution in [2.24, 2.45) is 5.11 Å². The highest BCUT2D eigenvalue weighted by atomic mass is 16.1. The topological polar surface area (TPSA) is 83.7 Å². The highest BCUT2D eigenvalue weighted by Crippen LogP contribution is 2.12. The number of amides is 1. The maximum Gasteiger partial charge on any atom is 0.252 e. The van der Waals surface area contributed by atoms with E-state index in [1.54, 1.807) is 35.3 Å². The quantitative estimate of drug-likeness (QED) is 0.435. The van der Waals surface area contributed by atoms with Crippen molar-refractivity contribution in [3.05, 3.63) is 58.9 Å². The van der Waals surface area contributed by atoms with Crippen LogP contribution in [0.25, 0.3) is 16.3 Å². The van der Waals surface area contributed by atoms with Crippen molar-refractivity contribution in [3.63, 3.8) is 0 Å². The van der Waals surface area contributed by atoms with Gasteiger partial charge in [0.1, 0.15) is 5.82 Å². The third-order valence-electron chi connectivity index (χ3n) is 2.00. The second-order valence-electron chi connectivity index (χ2n) is 2.96. The highest BCUT2D eigenvalue weighted by molar-refractivity contribution is 5.97. The normalized spacial score (nSPS) is 9.50. The van der Waals surface area contributed by atoms with E-state index in [9.17, 15) is 4.79 Å². The minimum Gasteiger partial charge on any atom is -0.308 e. The molecule has 0 saturated carbocycles. The average Bonchev–Trinajstić information content (AvgIpc) is 2.83. The SMILES string of the molecule is [N-]=[N+]=NC(=O)c1cccnc1-n1cccc1. The molecule has 0 fully saturated rings. The van der Waals surface area contributed by atoms with Crippen molar-refractivity contribution in [1.82, 2.24) is 9.55 Å². The van der Waals surface area contributed by atoms with Crippen LogP contribution in [-0.4, -0.2) is 15.5 Å². The second-order valence-corrected chi connectivity index (χ2v) is 2.96. The fourth-order valence-electron chi connectivity index (χ4n) is 1.34. The Bertz CT molecular complexity index is 554. The lowest BCUT2D eigenvalue weighted by Gasteiger charge is -2.05. The molecule has 1 amide bonds. The van der Waals surface area contributed by atoms with Gasteiger partial charge in [0.2, 0.25) is 0 Å². The van der Waals surface area contributed by atoms with Gasteiger partial charge in [-0.15, -0.1) is 0 Å². The van der Waals surface area contributed by atoms with Gasteiger partial charge in [0.05, 0.1) is 5.56 Å². The number of aromatic nitrogens is 2. The Balaban J connectivity index is 2.54. The Hall–Kier alpha value is -2.59. The Kier molecular flexibility index (Phi) is 2.67. The number of carbonyl (C=O) groups excluding carboxylic acids is 1. The zero-order valence-corrected chi connectivity index (χ0v) is 8.19. The molecule has 2 aromatic heterocycles. The third-order valence-corrected chi connectivity index (χ3v) is 2.00. The van der Waals surface area contributed by atoms with Crippen molar-refractivity contribution in [1.29, 1.82) is 0 Å². The van der Waals surface area contributed by atoms with Gasteiger partial charge in [-0.3, -0.25) is 4.79 Å². The summed E-state index contributed by atoms with van der Waals surface area (Å²) in [4.78, 5) is 18.0. The van der Waals surface area contributed by atoms with Crippen molar-refractivity contribution >= 4 is 5.91 Å². The summed E-state index contributed by atoms with van der Waals surface area (Å²) in [5.74, 6) is -0.191. The Morgan fingerprint density at radius 3 is 2.81 bits per heavy atom. The summed E-state index contributed by atoms with van der Waals surface area (Å²) < 4.78 is 1.68. The van der Waals surface area contributed by atoms with Crippen molar-refractivity contribution in [3.8, 4) is 5.82 Å². The van der Waals surface area contributed by atoms with Crippen molar-refractivity contribution in [2.75, 3.05) is 0 Å². The number of hydrogen-bond acceptors (Lipinski definition) is 2. The number of hydrogen-bond donors (Lipinski definition) is 0. The molecule has 0 aliphatic heterocycles. The summed E-state index contributed by atoms with van der Waals surface area (Å²) >= 11 is 0. The van der Waals surface area contributed by atoms with Crippen LogP contribution in [-0.2, 0) is 0 Å². The van der Waals surface area contributed by atoms with Crippen LogP contribution >= 0.6 is 0 Å². The molecule has 2 rings (SSSR count). The first kappa shape index (κ1) is 9.95. The maximum absolute atomic E-state index is 11.5. The maximum atomic E-state index is 11.5. The van der Waals surface area contributed by atoms with Crippen LogP contribution in [0.4, 0.5) is 0 Å². The molecule has 0 saturated heterocycles. The minimum absolute atomic E-state index is 0.275. The van der Waals surface area contributed by atoms with Crippen LogP contribution in [0.3, 0.4) is 0 Å². The lowest BCUT2D eigenvalue weighted by atomic mass is 10.2. The van der Waals surface area contributed by atoms with Gasteiger partial charge in [-0.1, -0.05) is 0 Å². The van der Waals surface area contributed by atoms with E-state index in [0.29, 0.717) is 5.82 Å². The number of rotatable bonds is 2. The molecule has 0 atom stereocenters. The van der Waals surface area contributed by atoms with Crippen LogP contribution in [0.1, 0.15) is 10.4 Å². The van der Waals surface area contributed by atoms with Crippen LogP contribution in [0.5, 0.6) is 0 Å². The highest BCUT2D eigenvalue weighted by Gasteiger charge is 2.11. The molecule has 0 bridgehead atoms. The zero-order chi connectivity index (χ0) is 11.4. The van der Waals surface area contributed by atoms with Gasteiger partial charge >= 0.3 is 0 Å². The Morgan fingerprint density at radius 1 is 1.38 bits per heavy atom. The van der Waals surface area contributed by atoms with Crippen molar-refractivity contribution < 1.29 is 4.79 Å². The molecule has 0 aliphatic carbocycles. The van der Waals surface area contributed by atoms with Gasteiger partial charge in [0, 0.05) is 23.5 Å². The number of carbonyl (C=O) groups is 1. The number of pyridine rings is 1. The predicted octanol–water partition coefficient (Wildman–Crippen LogP) is 2.32. The van der Waals surface area contributed by atoms with Gasteiger partial charge in [0.15, 0.2) is 0 Å². The molecule has 78 valence electrons. The van der Waals surface area contributed by atoms with E-state index in [2.05, 4.69) is 15.0 Å². The molecule has 6 nitrogen and oxygen atoms in total. The minimum atomic E-state index is -0.640. The molecule has 16 heavy (non-hydrogen) atoms. The predicted molar refractivity (Wildman–Crippen MR) is 57.0 cm³/mol. The molecular weight excluding hydrogens is 206 g/mol. The first-order valence-corrected chi connectivity index (χ1v) is 4.50. The van der Waals surface area contributed by atoms with E-state index in [4.69, 9.17) is 5.53 Å². The van der Waals surface area contributed by atoms with E-state index < -0.39 is 5.91 Å². The third kappa shape index (κ3) is 1.77. The molecule has 0 spiro atoms. The molecule has 2 heterocycles. The average molecular weight is 213 g/mol. The zero-order valence-electron chi connectivity index (χ0n) is 8.19. The van der Waals surface area contributed by atoms with Crippen LogP contribution in [0.2, 0.25) is 0 Å². The van der Waals surface area contributed by atoms with Gasteiger partial charge in [-0.25, -0.2) is 4.98 Å². The fraction of sp³-hybridized carbons (Fsp3) is 0. The summed E-state index contributed by atoms with van der Waals surface area (Å²) in [6, 6.07) is 6.82. The molecule has 0 aliphatic rings. The van der Waals surface area contributed by atoms with Crippen LogP contribution in [0, 0.1) is 0 Å². The van der Waals surface area contributed by atoms with Crippen LogP contribution < -0.4 is 0 Å². The van der Waals surface area contributed by atoms with Gasteiger partial charge in [-0.05, 0) is 34.9 Å². The Labute approximate surface area is 90.8 Å². The van der Waals surface area contributed by atoms with Crippen LogP contribution in [0.15, 0.2) is 48.0 Å². The van der Waals surface area contributed by atoms with E-state index in [0.717, 1.165) is 0 Å². The first-order chi connectivity index (χ1) is 7.83. The standard InChI is InChI=1S/C10H7N5O/c11-14-13-10(16)8-4-3-5-12-9(8)15-6-1-2-7-15/h1-7H. The fourth-order valence-corrected chi connectivity index (χ4v) is 1.34. The molecule has 2 aromatic rings. The molecule has 0 unspecified atom stereocenters. The lowest BCUT2D eigenvalue weighted by molar-refractivity contribution is 0.1000. The largest absolute Gasteiger partial charge is 0.308 e. The summed E-state index contributed by atoms with van der Waals surface area (Å²) in [6.07, 6.45) is 5.09. The van der Waals surface area contributed by atoms with Gasteiger partial charge in [-0.2, -0.15) is 0 Å². The van der Waals surface area contributed by atoms with E-state index >= 15 is 0 Å². The molecule has 0 N–H and O–H groups in total. The number of azide groups is 1. The van der Waals surface area contributed by atoms with Gasteiger partial charge < -0.3 is 4.57 Å². The van der Waals surface area contributed by atoms with Crippen molar-refractivity contribution in [2.45, 2.75) is 0 Å². The molecule has 6 heteroatoms. The second kappa shape index (κ2) is 4.29. The molecule has 0 radical (unpaired) electrons. The number of nitrogens with zero attached hydrogens (tertiary/aromatic N) is 5. The summed E-state index contributed by atoms with van der Waals surface area (Å²) in [5, 5.41) is 3.05.